The van der Waals surface area contributed by atoms with E-state index in [1.807, 2.05) is 0 Å². The first-order valence-electron chi connectivity index (χ1n) is 8.58. The van der Waals surface area contributed by atoms with E-state index in [1.165, 1.54) is 89.9 Å². The maximum absolute atomic E-state index is 2.39. The van der Waals surface area contributed by atoms with E-state index in [0.717, 1.165) is 5.92 Å². The molecular weight excluding hydrogens is 216 g/mol. The van der Waals surface area contributed by atoms with Crippen molar-refractivity contribution in [1.29, 1.82) is 0 Å². The maximum atomic E-state index is 2.39. The summed E-state index contributed by atoms with van der Waals surface area (Å²) in [6.07, 6.45) is 25.0. The molecule has 1 aliphatic rings. The number of hydrogen-bond acceptors (Lipinski definition) is 0. The molecule has 0 aromatic heterocycles. The van der Waals surface area contributed by atoms with Crippen LogP contribution in [-0.4, -0.2) is 0 Å². The smallest absolute Gasteiger partial charge is 0.0322 e. The Bertz CT molecular complexity index is 192. The van der Waals surface area contributed by atoms with E-state index in [4.69, 9.17) is 0 Å². The zero-order chi connectivity index (χ0) is 12.9. The second-order valence-corrected chi connectivity index (χ2v) is 6.12. The number of unbranched alkanes of at least 4 members (excludes halogenated alkanes) is 9. The molecular formula is C18H34. The maximum Gasteiger partial charge on any atom is -0.0322 e. The van der Waals surface area contributed by atoms with Gasteiger partial charge in [0.2, 0.25) is 0 Å². The third-order valence-corrected chi connectivity index (χ3v) is 4.34. The van der Waals surface area contributed by atoms with Crippen LogP contribution in [0.25, 0.3) is 0 Å². The van der Waals surface area contributed by atoms with Gasteiger partial charge in [0.05, 0.1) is 0 Å². The fraction of sp³-hybridized carbons (Fsp3) is 0.889. The van der Waals surface area contributed by atoms with Crippen LogP contribution in [0.15, 0.2) is 12.2 Å². The van der Waals surface area contributed by atoms with Gasteiger partial charge in [0.1, 0.15) is 0 Å². The predicted molar refractivity (Wildman–Crippen MR) is 82.9 cm³/mol. The normalized spacial score (nSPS) is 19.3. The molecule has 0 aromatic carbocycles. The lowest BCUT2D eigenvalue weighted by Crippen LogP contribution is -2.02. The molecule has 0 nitrogen and oxygen atoms in total. The van der Waals surface area contributed by atoms with Crippen LogP contribution < -0.4 is 0 Å². The van der Waals surface area contributed by atoms with E-state index in [1.54, 1.807) is 0 Å². The molecule has 0 heteroatoms. The minimum atomic E-state index is 1.02. The Morgan fingerprint density at radius 3 is 1.94 bits per heavy atom. The largest absolute Gasteiger partial charge is 0.0885 e. The summed E-state index contributed by atoms with van der Waals surface area (Å²) in [4.78, 5) is 0. The Kier molecular flexibility index (Phi) is 10.4. The lowest BCUT2D eigenvalue weighted by atomic mass is 9.89. The SMILES string of the molecule is CCCCCCCCCCCCC1CC=CCC1. The first-order valence-corrected chi connectivity index (χ1v) is 8.58. The molecule has 1 unspecified atom stereocenters. The fourth-order valence-electron chi connectivity index (χ4n) is 3.04. The van der Waals surface area contributed by atoms with Crippen molar-refractivity contribution in [3.63, 3.8) is 0 Å². The minimum Gasteiger partial charge on any atom is -0.0885 e. The number of allylic oxidation sites excluding steroid dienone is 2. The Balaban J connectivity index is 1.74. The molecule has 1 aliphatic carbocycles. The Hall–Kier alpha value is -0.260. The molecule has 0 fully saturated rings. The first-order chi connectivity index (χ1) is 8.93. The molecule has 0 heterocycles. The first kappa shape index (κ1) is 15.8. The summed E-state index contributed by atoms with van der Waals surface area (Å²) in [5, 5.41) is 0. The highest BCUT2D eigenvalue weighted by molar-refractivity contribution is 4.89. The van der Waals surface area contributed by atoms with Gasteiger partial charge in [0.15, 0.2) is 0 Å². The van der Waals surface area contributed by atoms with Gasteiger partial charge in [0.25, 0.3) is 0 Å². The summed E-state index contributed by atoms with van der Waals surface area (Å²) in [6.45, 7) is 2.29. The highest BCUT2D eigenvalue weighted by Crippen LogP contribution is 2.24. The van der Waals surface area contributed by atoms with Crippen molar-refractivity contribution in [1.82, 2.24) is 0 Å². The Morgan fingerprint density at radius 1 is 0.778 bits per heavy atom. The van der Waals surface area contributed by atoms with Gasteiger partial charge in [-0.1, -0.05) is 89.7 Å². The lowest BCUT2D eigenvalue weighted by Gasteiger charge is -2.17. The van der Waals surface area contributed by atoms with Crippen molar-refractivity contribution in [3.8, 4) is 0 Å². The third-order valence-electron chi connectivity index (χ3n) is 4.34. The summed E-state index contributed by atoms with van der Waals surface area (Å²) in [6, 6.07) is 0. The summed E-state index contributed by atoms with van der Waals surface area (Å²) in [7, 11) is 0. The van der Waals surface area contributed by atoms with Gasteiger partial charge >= 0.3 is 0 Å². The molecule has 106 valence electrons. The van der Waals surface area contributed by atoms with Gasteiger partial charge in [-0.3, -0.25) is 0 Å². The molecule has 18 heavy (non-hydrogen) atoms. The van der Waals surface area contributed by atoms with Crippen LogP contribution in [0.5, 0.6) is 0 Å². The lowest BCUT2D eigenvalue weighted by molar-refractivity contribution is 0.418. The average molecular weight is 250 g/mol. The van der Waals surface area contributed by atoms with Gasteiger partial charge < -0.3 is 0 Å². The average Bonchev–Trinajstić information content (AvgIpc) is 2.42. The summed E-state index contributed by atoms with van der Waals surface area (Å²) < 4.78 is 0. The molecule has 1 atom stereocenters. The van der Waals surface area contributed by atoms with E-state index < -0.39 is 0 Å². The van der Waals surface area contributed by atoms with E-state index in [9.17, 15) is 0 Å². The molecule has 0 aromatic rings. The van der Waals surface area contributed by atoms with Crippen molar-refractivity contribution in [2.75, 3.05) is 0 Å². The van der Waals surface area contributed by atoms with Crippen LogP contribution in [-0.2, 0) is 0 Å². The zero-order valence-electron chi connectivity index (χ0n) is 12.6. The fourth-order valence-corrected chi connectivity index (χ4v) is 3.04. The highest BCUT2D eigenvalue weighted by atomic mass is 14.1. The topological polar surface area (TPSA) is 0 Å². The van der Waals surface area contributed by atoms with Crippen LogP contribution in [0.3, 0.4) is 0 Å². The molecule has 0 N–H and O–H groups in total. The summed E-state index contributed by atoms with van der Waals surface area (Å²) >= 11 is 0. The predicted octanol–water partition coefficient (Wildman–Crippen LogP) is 6.65. The minimum absolute atomic E-state index is 1.02. The van der Waals surface area contributed by atoms with Crippen LogP contribution >= 0.6 is 0 Å². The molecule has 0 saturated carbocycles. The molecule has 0 radical (unpaired) electrons. The van der Waals surface area contributed by atoms with Gasteiger partial charge in [-0.15, -0.1) is 0 Å². The highest BCUT2D eigenvalue weighted by Gasteiger charge is 2.08. The molecule has 0 bridgehead atoms. The second-order valence-electron chi connectivity index (χ2n) is 6.12. The van der Waals surface area contributed by atoms with Crippen LogP contribution in [0, 0.1) is 5.92 Å². The molecule has 0 aliphatic heterocycles. The van der Waals surface area contributed by atoms with Crippen LogP contribution in [0.4, 0.5) is 0 Å². The van der Waals surface area contributed by atoms with E-state index in [2.05, 4.69) is 19.1 Å². The van der Waals surface area contributed by atoms with Gasteiger partial charge in [-0.25, -0.2) is 0 Å². The number of hydrogen-bond donors (Lipinski definition) is 0. The van der Waals surface area contributed by atoms with E-state index >= 15 is 0 Å². The van der Waals surface area contributed by atoms with Gasteiger partial charge in [-0.2, -0.15) is 0 Å². The van der Waals surface area contributed by atoms with Crippen molar-refractivity contribution in [2.24, 2.45) is 5.92 Å². The molecule has 0 spiro atoms. The molecule has 1 rings (SSSR count). The summed E-state index contributed by atoms with van der Waals surface area (Å²) in [5.74, 6) is 1.02. The Labute approximate surface area is 115 Å². The molecule has 0 amide bonds. The van der Waals surface area contributed by atoms with Crippen molar-refractivity contribution in [2.45, 2.75) is 96.8 Å². The third kappa shape index (κ3) is 8.78. The van der Waals surface area contributed by atoms with Crippen molar-refractivity contribution >= 4 is 0 Å². The van der Waals surface area contributed by atoms with Crippen molar-refractivity contribution in [3.05, 3.63) is 12.2 Å². The number of rotatable bonds is 11. The molecule has 0 saturated heterocycles. The van der Waals surface area contributed by atoms with E-state index in [0.29, 0.717) is 0 Å². The second kappa shape index (κ2) is 11.8. The Morgan fingerprint density at radius 2 is 1.39 bits per heavy atom. The van der Waals surface area contributed by atoms with Gasteiger partial charge in [0, 0.05) is 0 Å². The quantitative estimate of drug-likeness (QED) is 0.284. The van der Waals surface area contributed by atoms with E-state index in [-0.39, 0.29) is 0 Å². The van der Waals surface area contributed by atoms with Crippen molar-refractivity contribution < 1.29 is 0 Å². The monoisotopic (exact) mass is 250 g/mol. The zero-order valence-corrected chi connectivity index (χ0v) is 12.6. The van der Waals surface area contributed by atoms with Crippen LogP contribution in [0.1, 0.15) is 96.8 Å². The summed E-state index contributed by atoms with van der Waals surface area (Å²) in [5.41, 5.74) is 0. The van der Waals surface area contributed by atoms with Crippen LogP contribution in [0.2, 0.25) is 0 Å². The standard InChI is InChI=1S/C18H34/c1-2-3-4-5-6-7-8-9-10-12-15-18-16-13-11-14-17-18/h11,13,18H,2-10,12,14-17H2,1H3. The van der Waals surface area contributed by atoms with Gasteiger partial charge in [-0.05, 0) is 25.2 Å².